The van der Waals surface area contributed by atoms with Crippen molar-refractivity contribution in [2.45, 2.75) is 19.4 Å². The minimum Gasteiger partial charge on any atom is -0.481 e. The molecule has 1 aromatic carbocycles. The lowest BCUT2D eigenvalue weighted by molar-refractivity contribution is 0.170. The van der Waals surface area contributed by atoms with Crippen molar-refractivity contribution in [2.75, 3.05) is 7.11 Å². The molecule has 20 heavy (non-hydrogen) atoms. The van der Waals surface area contributed by atoms with Crippen LogP contribution < -0.4 is 4.74 Å². The number of aromatic nitrogens is 2. The van der Waals surface area contributed by atoms with E-state index in [1.54, 1.807) is 14.0 Å². The number of halogens is 2. The third kappa shape index (κ3) is 2.51. The fourth-order valence-corrected chi connectivity index (χ4v) is 2.30. The van der Waals surface area contributed by atoms with Crippen molar-refractivity contribution >= 4 is 0 Å². The summed E-state index contributed by atoms with van der Waals surface area (Å²) in [5, 5.41) is 14.4. The molecular weight excluding hydrogens is 266 g/mol. The lowest BCUT2D eigenvalue weighted by Crippen LogP contribution is -2.08. The molecule has 0 saturated heterocycles. The maximum atomic E-state index is 13.6. The van der Waals surface area contributed by atoms with Crippen molar-refractivity contribution < 1.29 is 18.6 Å². The van der Waals surface area contributed by atoms with Gasteiger partial charge in [-0.15, -0.1) is 0 Å². The van der Waals surface area contributed by atoms with Crippen molar-refractivity contribution in [1.82, 2.24) is 9.78 Å². The maximum Gasteiger partial charge on any atom is 0.217 e. The van der Waals surface area contributed by atoms with Crippen LogP contribution in [0.2, 0.25) is 0 Å². The van der Waals surface area contributed by atoms with Gasteiger partial charge in [-0.3, -0.25) is 0 Å². The molecule has 0 aliphatic rings. The van der Waals surface area contributed by atoms with Gasteiger partial charge >= 0.3 is 0 Å². The lowest BCUT2D eigenvalue weighted by Gasteiger charge is -2.13. The van der Waals surface area contributed by atoms with Gasteiger partial charge in [0.1, 0.15) is 11.6 Å². The molecule has 0 fully saturated rings. The summed E-state index contributed by atoms with van der Waals surface area (Å²) in [6.07, 6.45) is -1.27. The Hall–Kier alpha value is -1.95. The summed E-state index contributed by atoms with van der Waals surface area (Å²) in [5.74, 6) is -0.971. The fraction of sp³-hybridized carbons (Fsp3) is 0.357. The summed E-state index contributed by atoms with van der Waals surface area (Å²) in [6.45, 7) is 1.71. The molecule has 0 saturated carbocycles. The number of ether oxygens (including phenoxy) is 1. The van der Waals surface area contributed by atoms with E-state index in [1.165, 1.54) is 30.0 Å². The van der Waals surface area contributed by atoms with Gasteiger partial charge in [0.25, 0.3) is 0 Å². The lowest BCUT2D eigenvalue weighted by atomic mass is 10.0. The predicted molar refractivity (Wildman–Crippen MR) is 69.5 cm³/mol. The topological polar surface area (TPSA) is 47.3 Å². The van der Waals surface area contributed by atoms with Crippen LogP contribution >= 0.6 is 0 Å². The van der Waals surface area contributed by atoms with Gasteiger partial charge in [-0.2, -0.15) is 5.10 Å². The number of nitrogens with zero attached hydrogens (tertiary/aromatic N) is 2. The molecule has 1 N–H and O–H groups in total. The van der Waals surface area contributed by atoms with Crippen LogP contribution in [0.4, 0.5) is 8.78 Å². The second-order valence-electron chi connectivity index (χ2n) is 4.55. The number of rotatable bonds is 4. The highest BCUT2D eigenvalue weighted by molar-refractivity contribution is 5.35. The smallest absolute Gasteiger partial charge is 0.217 e. The molecule has 0 radical (unpaired) electrons. The normalized spacial score (nSPS) is 12.5. The van der Waals surface area contributed by atoms with E-state index in [9.17, 15) is 13.9 Å². The fourth-order valence-electron chi connectivity index (χ4n) is 2.30. The third-order valence-corrected chi connectivity index (χ3v) is 3.20. The number of hydrogen-bond donors (Lipinski definition) is 1. The largest absolute Gasteiger partial charge is 0.481 e. The summed E-state index contributed by atoms with van der Waals surface area (Å²) in [7, 11) is 3.13. The Morgan fingerprint density at radius 2 is 1.95 bits per heavy atom. The predicted octanol–water partition coefficient (Wildman–Crippen LogP) is 2.29. The first-order valence-electron chi connectivity index (χ1n) is 6.14. The molecule has 2 aromatic rings. The van der Waals surface area contributed by atoms with E-state index in [-0.39, 0.29) is 12.0 Å². The molecule has 2 rings (SSSR count). The monoisotopic (exact) mass is 282 g/mol. The molecule has 0 spiro atoms. The summed E-state index contributed by atoms with van der Waals surface area (Å²) in [5.41, 5.74) is 0.858. The first kappa shape index (κ1) is 14.5. The van der Waals surface area contributed by atoms with Gasteiger partial charge in [0.15, 0.2) is 0 Å². The SMILES string of the molecule is COc1c(C(O)Cc2c(F)cccc2F)c(C)nn1C. The molecular formula is C14H16F2N2O2. The number of methoxy groups -OCH3 is 1. The van der Waals surface area contributed by atoms with E-state index in [0.29, 0.717) is 17.1 Å². The molecule has 4 nitrogen and oxygen atoms in total. The molecule has 0 amide bonds. The van der Waals surface area contributed by atoms with Crippen molar-refractivity contribution in [3.63, 3.8) is 0 Å². The van der Waals surface area contributed by atoms with Crippen molar-refractivity contribution in [1.29, 1.82) is 0 Å². The van der Waals surface area contributed by atoms with Crippen molar-refractivity contribution in [3.8, 4) is 5.88 Å². The Bertz CT molecular complexity index is 606. The van der Waals surface area contributed by atoms with Gasteiger partial charge in [0.2, 0.25) is 5.88 Å². The second-order valence-corrected chi connectivity index (χ2v) is 4.55. The van der Waals surface area contributed by atoms with E-state index in [2.05, 4.69) is 5.10 Å². The summed E-state index contributed by atoms with van der Waals surface area (Å²) >= 11 is 0. The van der Waals surface area contributed by atoms with Gasteiger partial charge in [-0.1, -0.05) is 6.07 Å². The number of aryl methyl sites for hydroxylation is 2. The first-order chi connectivity index (χ1) is 9.45. The number of aliphatic hydroxyl groups is 1. The highest BCUT2D eigenvalue weighted by atomic mass is 19.1. The summed E-state index contributed by atoms with van der Waals surface area (Å²) in [4.78, 5) is 0. The number of aliphatic hydroxyl groups excluding tert-OH is 1. The van der Waals surface area contributed by atoms with Crippen molar-refractivity contribution in [3.05, 3.63) is 46.7 Å². The van der Waals surface area contributed by atoms with E-state index >= 15 is 0 Å². The van der Waals surface area contributed by atoms with Crippen LogP contribution in [0, 0.1) is 18.6 Å². The van der Waals surface area contributed by atoms with Crippen LogP contribution in [0.25, 0.3) is 0 Å². The molecule has 108 valence electrons. The first-order valence-corrected chi connectivity index (χ1v) is 6.14. The van der Waals surface area contributed by atoms with Crippen LogP contribution in [0.15, 0.2) is 18.2 Å². The zero-order chi connectivity index (χ0) is 14.9. The van der Waals surface area contributed by atoms with Crippen LogP contribution in [0.3, 0.4) is 0 Å². The van der Waals surface area contributed by atoms with Gasteiger partial charge in [-0.05, 0) is 19.1 Å². The van der Waals surface area contributed by atoms with Gasteiger partial charge in [-0.25, -0.2) is 13.5 Å². The van der Waals surface area contributed by atoms with E-state index in [1.807, 2.05) is 0 Å². The Balaban J connectivity index is 2.36. The Labute approximate surface area is 115 Å². The average molecular weight is 282 g/mol. The molecule has 0 bridgehead atoms. The quantitative estimate of drug-likeness (QED) is 0.936. The van der Waals surface area contributed by atoms with Crippen LogP contribution in [0.5, 0.6) is 5.88 Å². The summed E-state index contributed by atoms with van der Waals surface area (Å²) in [6, 6.07) is 3.62. The second kappa shape index (κ2) is 5.58. The van der Waals surface area contributed by atoms with Gasteiger partial charge in [0.05, 0.1) is 24.5 Å². The Morgan fingerprint density at radius 1 is 1.35 bits per heavy atom. The van der Waals surface area contributed by atoms with E-state index in [4.69, 9.17) is 4.74 Å². The zero-order valence-corrected chi connectivity index (χ0v) is 11.5. The molecule has 1 aromatic heterocycles. The third-order valence-electron chi connectivity index (χ3n) is 3.20. The molecule has 0 aliphatic carbocycles. The van der Waals surface area contributed by atoms with Crippen LogP contribution in [-0.4, -0.2) is 22.0 Å². The highest BCUT2D eigenvalue weighted by Gasteiger charge is 2.24. The van der Waals surface area contributed by atoms with Crippen LogP contribution in [0.1, 0.15) is 22.9 Å². The number of benzene rings is 1. The van der Waals surface area contributed by atoms with Crippen molar-refractivity contribution in [2.24, 2.45) is 7.05 Å². The Kier molecular flexibility index (Phi) is 4.04. The highest BCUT2D eigenvalue weighted by Crippen LogP contribution is 2.31. The van der Waals surface area contributed by atoms with Gasteiger partial charge in [0, 0.05) is 19.0 Å². The van der Waals surface area contributed by atoms with Crippen LogP contribution in [-0.2, 0) is 13.5 Å². The Morgan fingerprint density at radius 3 is 2.50 bits per heavy atom. The van der Waals surface area contributed by atoms with Gasteiger partial charge < -0.3 is 9.84 Å². The molecule has 1 heterocycles. The minimum absolute atomic E-state index is 0.148. The molecule has 6 heteroatoms. The summed E-state index contributed by atoms with van der Waals surface area (Å²) < 4.78 is 33.9. The average Bonchev–Trinajstić information content (AvgIpc) is 2.68. The molecule has 1 atom stereocenters. The standard InChI is InChI=1S/C14H16F2N2O2/c1-8-13(14(20-3)18(2)17-8)12(19)7-9-10(15)5-4-6-11(9)16/h4-6,12,19H,7H2,1-3H3. The maximum absolute atomic E-state index is 13.6. The molecule has 0 aliphatic heterocycles. The van der Waals surface area contributed by atoms with E-state index in [0.717, 1.165) is 0 Å². The zero-order valence-electron chi connectivity index (χ0n) is 11.5. The van der Waals surface area contributed by atoms with E-state index < -0.39 is 17.7 Å². The minimum atomic E-state index is -1.09. The molecule has 1 unspecified atom stereocenters. The number of hydrogen-bond acceptors (Lipinski definition) is 3.